The molecule has 2 heteroatoms. The monoisotopic (exact) mass is 553 g/mol. The molecule has 198 valence electrons. The van der Waals surface area contributed by atoms with Crippen molar-refractivity contribution in [2.24, 2.45) is 0 Å². The van der Waals surface area contributed by atoms with Crippen molar-refractivity contribution in [1.29, 1.82) is 0 Å². The number of hydrogen-bond donors (Lipinski definition) is 0. The number of nitrogens with zero attached hydrogens (tertiary/aromatic N) is 1. The Hall–Kier alpha value is -5.18. The van der Waals surface area contributed by atoms with Crippen molar-refractivity contribution in [3.63, 3.8) is 0 Å². The van der Waals surface area contributed by atoms with Crippen LogP contribution >= 0.6 is 11.3 Å². The van der Waals surface area contributed by atoms with Gasteiger partial charge in [0.1, 0.15) is 0 Å². The van der Waals surface area contributed by atoms with Crippen molar-refractivity contribution in [3.8, 4) is 22.3 Å². The second kappa shape index (κ2) is 10.3. The molecule has 0 bridgehead atoms. The molecule has 0 N–H and O–H groups in total. The Kier molecular flexibility index (Phi) is 6.05. The molecule has 7 aromatic carbocycles. The maximum atomic E-state index is 2.38. The molecule has 8 rings (SSSR count). The van der Waals surface area contributed by atoms with Gasteiger partial charge < -0.3 is 4.90 Å². The molecule has 0 radical (unpaired) electrons. The Bertz CT molecular complexity index is 2160. The van der Waals surface area contributed by atoms with Gasteiger partial charge in [0.25, 0.3) is 0 Å². The van der Waals surface area contributed by atoms with E-state index in [1.807, 2.05) is 11.3 Å². The average molecular weight is 554 g/mol. The smallest absolute Gasteiger partial charge is 0.0462 e. The number of hydrogen-bond acceptors (Lipinski definition) is 2. The summed E-state index contributed by atoms with van der Waals surface area (Å²) in [7, 11) is 0. The molecule has 0 spiro atoms. The molecule has 0 atom stereocenters. The van der Waals surface area contributed by atoms with E-state index in [1.165, 1.54) is 53.2 Å². The highest BCUT2D eigenvalue weighted by Crippen LogP contribution is 2.43. The molecule has 0 aliphatic carbocycles. The van der Waals surface area contributed by atoms with E-state index in [2.05, 4.69) is 169 Å². The minimum atomic E-state index is 1.13. The van der Waals surface area contributed by atoms with Crippen LogP contribution in [0.2, 0.25) is 0 Å². The molecule has 42 heavy (non-hydrogen) atoms. The lowest BCUT2D eigenvalue weighted by atomic mass is 9.95. The van der Waals surface area contributed by atoms with Gasteiger partial charge in [0, 0.05) is 37.2 Å². The number of benzene rings is 7. The summed E-state index contributed by atoms with van der Waals surface area (Å²) >= 11 is 1.88. The fraction of sp³-hybridized carbons (Fsp3) is 0. The van der Waals surface area contributed by atoms with Gasteiger partial charge in [0.2, 0.25) is 0 Å². The van der Waals surface area contributed by atoms with Gasteiger partial charge in [-0.2, -0.15) is 0 Å². The standard InChI is InChI=1S/C40H27NS/c1-3-11-28(12-4-1)29-19-23-32(24-20-29)41(31-13-5-2-6-14-31)33-25-21-30(22-26-33)37-27-39-40(35-16-8-7-15-34(35)37)36-17-9-10-18-38(36)42-39/h1-27H. The van der Waals surface area contributed by atoms with Crippen LogP contribution in [0, 0.1) is 0 Å². The zero-order chi connectivity index (χ0) is 27.9. The number of anilines is 3. The van der Waals surface area contributed by atoms with Gasteiger partial charge in [0.15, 0.2) is 0 Å². The van der Waals surface area contributed by atoms with Gasteiger partial charge in [-0.15, -0.1) is 11.3 Å². The molecule has 1 aromatic heterocycles. The number of thiophene rings is 1. The summed E-state index contributed by atoms with van der Waals surface area (Å²) in [6.07, 6.45) is 0. The predicted molar refractivity (Wildman–Crippen MR) is 182 cm³/mol. The fourth-order valence-corrected chi connectivity index (χ4v) is 7.24. The van der Waals surface area contributed by atoms with Crippen molar-refractivity contribution < 1.29 is 0 Å². The summed E-state index contributed by atoms with van der Waals surface area (Å²) in [6, 6.07) is 59.0. The van der Waals surface area contributed by atoms with Crippen LogP contribution in [0.1, 0.15) is 0 Å². The number of fused-ring (bicyclic) bond motifs is 5. The molecule has 1 nitrogen and oxygen atoms in total. The summed E-state index contributed by atoms with van der Waals surface area (Å²) in [6.45, 7) is 0. The molecule has 0 saturated heterocycles. The molecule has 0 amide bonds. The first-order valence-electron chi connectivity index (χ1n) is 14.3. The van der Waals surface area contributed by atoms with E-state index in [-0.39, 0.29) is 0 Å². The zero-order valence-corrected chi connectivity index (χ0v) is 23.8. The quantitative estimate of drug-likeness (QED) is 0.205. The first-order chi connectivity index (χ1) is 20.8. The molecule has 8 aromatic rings. The zero-order valence-electron chi connectivity index (χ0n) is 22.9. The van der Waals surface area contributed by atoms with Gasteiger partial charge in [-0.3, -0.25) is 0 Å². The van der Waals surface area contributed by atoms with E-state index in [0.29, 0.717) is 0 Å². The Morgan fingerprint density at radius 3 is 1.55 bits per heavy atom. The first-order valence-corrected chi connectivity index (χ1v) is 15.1. The first kappa shape index (κ1) is 24.6. The van der Waals surface area contributed by atoms with Crippen molar-refractivity contribution in [1.82, 2.24) is 0 Å². The highest BCUT2D eigenvalue weighted by molar-refractivity contribution is 7.26. The maximum absolute atomic E-state index is 2.38. The topological polar surface area (TPSA) is 3.24 Å². The Labute approximate surface area is 249 Å². The average Bonchev–Trinajstić information content (AvgIpc) is 3.45. The van der Waals surface area contributed by atoms with Crippen molar-refractivity contribution in [3.05, 3.63) is 164 Å². The van der Waals surface area contributed by atoms with Gasteiger partial charge in [-0.25, -0.2) is 0 Å². The third-order valence-electron chi connectivity index (χ3n) is 8.07. The molecular formula is C40H27NS. The van der Waals surface area contributed by atoms with Gasteiger partial charge in [-0.1, -0.05) is 115 Å². The van der Waals surface area contributed by atoms with E-state index < -0.39 is 0 Å². The van der Waals surface area contributed by atoms with E-state index in [1.54, 1.807) is 0 Å². The van der Waals surface area contributed by atoms with E-state index in [9.17, 15) is 0 Å². The van der Waals surface area contributed by atoms with E-state index in [4.69, 9.17) is 0 Å². The summed E-state index contributed by atoms with van der Waals surface area (Å²) in [5.74, 6) is 0. The van der Waals surface area contributed by atoms with Gasteiger partial charge in [-0.05, 0) is 81.6 Å². The normalized spacial score (nSPS) is 11.3. The fourth-order valence-electron chi connectivity index (χ4n) is 6.08. The molecule has 0 unspecified atom stereocenters. The summed E-state index contributed by atoms with van der Waals surface area (Å²) in [4.78, 5) is 2.33. The lowest BCUT2D eigenvalue weighted by Gasteiger charge is -2.26. The van der Waals surface area contributed by atoms with Crippen LogP contribution in [0.15, 0.2) is 164 Å². The van der Waals surface area contributed by atoms with Crippen LogP contribution in [0.5, 0.6) is 0 Å². The number of para-hydroxylation sites is 1. The van der Waals surface area contributed by atoms with Crippen LogP contribution < -0.4 is 4.90 Å². The second-order valence-electron chi connectivity index (χ2n) is 10.6. The third-order valence-corrected chi connectivity index (χ3v) is 9.19. The SMILES string of the molecule is c1ccc(-c2ccc(N(c3ccccc3)c3ccc(-c4cc5sc6ccccc6c5c5ccccc45)cc3)cc2)cc1. The van der Waals surface area contributed by atoms with Crippen molar-refractivity contribution in [2.75, 3.05) is 4.90 Å². The molecule has 1 heterocycles. The van der Waals surface area contributed by atoms with Gasteiger partial charge in [0.05, 0.1) is 0 Å². The minimum absolute atomic E-state index is 1.13. The number of rotatable bonds is 5. The second-order valence-corrected chi connectivity index (χ2v) is 11.7. The minimum Gasteiger partial charge on any atom is -0.311 e. The highest BCUT2D eigenvalue weighted by Gasteiger charge is 2.16. The molecular weight excluding hydrogens is 527 g/mol. The lowest BCUT2D eigenvalue weighted by molar-refractivity contribution is 1.28. The van der Waals surface area contributed by atoms with E-state index in [0.717, 1.165) is 17.1 Å². The summed E-state index contributed by atoms with van der Waals surface area (Å²) < 4.78 is 2.67. The molecule has 0 aliphatic rings. The van der Waals surface area contributed by atoms with Gasteiger partial charge >= 0.3 is 0 Å². The maximum Gasteiger partial charge on any atom is 0.0462 e. The molecule has 0 saturated carbocycles. The Balaban J connectivity index is 1.23. The largest absolute Gasteiger partial charge is 0.311 e. The summed E-state index contributed by atoms with van der Waals surface area (Å²) in [5, 5.41) is 5.31. The summed E-state index contributed by atoms with van der Waals surface area (Å²) in [5.41, 5.74) is 8.33. The van der Waals surface area contributed by atoms with Crippen LogP contribution in [0.4, 0.5) is 17.1 Å². The van der Waals surface area contributed by atoms with Crippen molar-refractivity contribution >= 4 is 59.3 Å². The van der Waals surface area contributed by atoms with Crippen LogP contribution in [0.3, 0.4) is 0 Å². The van der Waals surface area contributed by atoms with E-state index >= 15 is 0 Å². The predicted octanol–water partition coefficient (Wildman–Crippen LogP) is 12.0. The van der Waals surface area contributed by atoms with Crippen LogP contribution in [-0.4, -0.2) is 0 Å². The lowest BCUT2D eigenvalue weighted by Crippen LogP contribution is -2.09. The highest BCUT2D eigenvalue weighted by atomic mass is 32.1. The van der Waals surface area contributed by atoms with Crippen LogP contribution in [-0.2, 0) is 0 Å². The molecule has 0 fully saturated rings. The Morgan fingerprint density at radius 1 is 0.357 bits per heavy atom. The third kappa shape index (κ3) is 4.25. The van der Waals surface area contributed by atoms with Crippen LogP contribution in [0.25, 0.3) is 53.2 Å². The Morgan fingerprint density at radius 2 is 0.857 bits per heavy atom. The van der Waals surface area contributed by atoms with Crippen molar-refractivity contribution in [2.45, 2.75) is 0 Å². The molecule has 0 aliphatic heterocycles.